The first-order valence-corrected chi connectivity index (χ1v) is 4.09. The molecular formula is C8H15F2N. The fourth-order valence-corrected chi connectivity index (χ4v) is 1.33. The minimum absolute atomic E-state index is 0.0217. The summed E-state index contributed by atoms with van der Waals surface area (Å²) in [5, 5.41) is 0. The number of hydrogen-bond acceptors (Lipinski definition) is 1. The Bertz CT molecular complexity index is 122. The van der Waals surface area contributed by atoms with E-state index in [-0.39, 0.29) is 12.8 Å². The SMILES string of the molecule is CC1CCC(F)(F)CCN1C. The fourth-order valence-electron chi connectivity index (χ4n) is 1.33. The molecule has 1 aliphatic rings. The van der Waals surface area contributed by atoms with E-state index in [2.05, 4.69) is 0 Å². The maximum atomic E-state index is 12.8. The van der Waals surface area contributed by atoms with E-state index in [1.54, 1.807) is 0 Å². The van der Waals surface area contributed by atoms with E-state index in [0.717, 1.165) is 0 Å². The van der Waals surface area contributed by atoms with Gasteiger partial charge in [0.2, 0.25) is 5.92 Å². The molecule has 0 aliphatic carbocycles. The van der Waals surface area contributed by atoms with Crippen LogP contribution in [-0.4, -0.2) is 30.5 Å². The van der Waals surface area contributed by atoms with Gasteiger partial charge in [-0.25, -0.2) is 8.78 Å². The van der Waals surface area contributed by atoms with Gasteiger partial charge < -0.3 is 4.90 Å². The molecule has 0 saturated carbocycles. The number of halogens is 2. The van der Waals surface area contributed by atoms with Crippen LogP contribution in [0.25, 0.3) is 0 Å². The Hall–Kier alpha value is -0.180. The van der Waals surface area contributed by atoms with Gasteiger partial charge in [-0.05, 0) is 20.4 Å². The summed E-state index contributed by atoms with van der Waals surface area (Å²) >= 11 is 0. The van der Waals surface area contributed by atoms with Gasteiger partial charge in [0.25, 0.3) is 0 Å². The van der Waals surface area contributed by atoms with Crippen molar-refractivity contribution in [3.63, 3.8) is 0 Å². The first-order chi connectivity index (χ1) is 5.01. The molecule has 1 saturated heterocycles. The molecule has 1 aliphatic heterocycles. The van der Waals surface area contributed by atoms with E-state index in [1.807, 2.05) is 18.9 Å². The molecular weight excluding hydrogens is 148 g/mol. The van der Waals surface area contributed by atoms with Gasteiger partial charge in [-0.2, -0.15) is 0 Å². The lowest BCUT2D eigenvalue weighted by Gasteiger charge is -2.20. The Labute approximate surface area is 66.4 Å². The lowest BCUT2D eigenvalue weighted by Crippen LogP contribution is -2.28. The molecule has 0 aromatic rings. The zero-order valence-corrected chi connectivity index (χ0v) is 7.11. The normalized spacial score (nSPS) is 33.3. The third-order valence-electron chi connectivity index (χ3n) is 2.51. The van der Waals surface area contributed by atoms with E-state index < -0.39 is 5.92 Å². The van der Waals surface area contributed by atoms with Crippen LogP contribution in [0, 0.1) is 0 Å². The Morgan fingerprint density at radius 2 is 2.00 bits per heavy atom. The van der Waals surface area contributed by atoms with E-state index in [0.29, 0.717) is 19.0 Å². The van der Waals surface area contributed by atoms with Crippen LogP contribution < -0.4 is 0 Å². The highest BCUT2D eigenvalue weighted by Crippen LogP contribution is 2.29. The second-order valence-electron chi connectivity index (χ2n) is 3.47. The summed E-state index contributed by atoms with van der Waals surface area (Å²) in [6.07, 6.45) is 0.690. The molecule has 66 valence electrons. The van der Waals surface area contributed by atoms with Crippen molar-refractivity contribution < 1.29 is 8.78 Å². The first-order valence-electron chi connectivity index (χ1n) is 4.09. The topological polar surface area (TPSA) is 3.24 Å². The zero-order valence-electron chi connectivity index (χ0n) is 7.11. The molecule has 1 atom stereocenters. The summed E-state index contributed by atoms with van der Waals surface area (Å²) in [5.41, 5.74) is 0. The van der Waals surface area contributed by atoms with Gasteiger partial charge in [0.1, 0.15) is 0 Å². The molecule has 11 heavy (non-hydrogen) atoms. The molecule has 0 N–H and O–H groups in total. The van der Waals surface area contributed by atoms with Crippen molar-refractivity contribution in [2.24, 2.45) is 0 Å². The average molecular weight is 163 g/mol. The fraction of sp³-hybridized carbons (Fsp3) is 1.00. The summed E-state index contributed by atoms with van der Waals surface area (Å²) in [6.45, 7) is 2.52. The van der Waals surface area contributed by atoms with Crippen molar-refractivity contribution in [1.29, 1.82) is 0 Å². The zero-order chi connectivity index (χ0) is 8.48. The van der Waals surface area contributed by atoms with Gasteiger partial charge in [0, 0.05) is 25.4 Å². The van der Waals surface area contributed by atoms with E-state index in [4.69, 9.17) is 0 Å². The number of nitrogens with zero attached hydrogens (tertiary/aromatic N) is 1. The van der Waals surface area contributed by atoms with Crippen LogP contribution in [-0.2, 0) is 0 Å². The van der Waals surface area contributed by atoms with Crippen LogP contribution in [0.3, 0.4) is 0 Å². The smallest absolute Gasteiger partial charge is 0.249 e. The number of hydrogen-bond donors (Lipinski definition) is 0. The molecule has 1 heterocycles. The summed E-state index contributed by atoms with van der Waals surface area (Å²) in [7, 11) is 1.91. The number of alkyl halides is 2. The molecule has 1 rings (SSSR count). The maximum Gasteiger partial charge on any atom is 0.249 e. The third kappa shape index (κ3) is 2.40. The second-order valence-corrected chi connectivity index (χ2v) is 3.47. The Morgan fingerprint density at radius 1 is 1.36 bits per heavy atom. The first kappa shape index (κ1) is 8.91. The van der Waals surface area contributed by atoms with Gasteiger partial charge in [0.15, 0.2) is 0 Å². The van der Waals surface area contributed by atoms with Crippen LogP contribution in [0.4, 0.5) is 8.78 Å². The van der Waals surface area contributed by atoms with Crippen LogP contribution in [0.5, 0.6) is 0 Å². The highest BCUT2D eigenvalue weighted by molar-refractivity contribution is 4.77. The summed E-state index contributed by atoms with van der Waals surface area (Å²) in [4.78, 5) is 2.00. The third-order valence-corrected chi connectivity index (χ3v) is 2.51. The minimum Gasteiger partial charge on any atom is -0.303 e. The predicted octanol–water partition coefficient (Wildman–Crippen LogP) is 2.13. The van der Waals surface area contributed by atoms with Crippen molar-refractivity contribution in [2.75, 3.05) is 13.6 Å². The molecule has 0 aromatic carbocycles. The van der Waals surface area contributed by atoms with Crippen LogP contribution in [0.2, 0.25) is 0 Å². The molecule has 0 aromatic heterocycles. The lowest BCUT2D eigenvalue weighted by atomic mass is 10.1. The minimum atomic E-state index is -2.42. The maximum absolute atomic E-state index is 12.8. The largest absolute Gasteiger partial charge is 0.303 e. The molecule has 0 bridgehead atoms. The van der Waals surface area contributed by atoms with E-state index >= 15 is 0 Å². The van der Waals surface area contributed by atoms with Crippen LogP contribution in [0.1, 0.15) is 26.2 Å². The van der Waals surface area contributed by atoms with Crippen molar-refractivity contribution in [3.05, 3.63) is 0 Å². The van der Waals surface area contributed by atoms with Crippen molar-refractivity contribution in [2.45, 2.75) is 38.2 Å². The Balaban J connectivity index is 2.51. The van der Waals surface area contributed by atoms with E-state index in [9.17, 15) is 8.78 Å². The van der Waals surface area contributed by atoms with Crippen LogP contribution in [0.15, 0.2) is 0 Å². The summed E-state index contributed by atoms with van der Waals surface area (Å²) < 4.78 is 25.6. The molecule has 0 radical (unpaired) electrons. The summed E-state index contributed by atoms with van der Waals surface area (Å²) in [5.74, 6) is -2.42. The number of likely N-dealkylation sites (tertiary alicyclic amines) is 1. The summed E-state index contributed by atoms with van der Waals surface area (Å²) in [6, 6.07) is 0.309. The Kier molecular flexibility index (Phi) is 2.47. The highest BCUT2D eigenvalue weighted by Gasteiger charge is 2.32. The standard InChI is InChI=1S/C8H15F2N/c1-7-3-4-8(9,10)5-6-11(7)2/h7H,3-6H2,1-2H3. The van der Waals surface area contributed by atoms with Crippen molar-refractivity contribution in [1.82, 2.24) is 4.90 Å². The molecule has 1 nitrogen and oxygen atoms in total. The monoisotopic (exact) mass is 163 g/mol. The van der Waals surface area contributed by atoms with Crippen LogP contribution >= 0.6 is 0 Å². The molecule has 3 heteroatoms. The van der Waals surface area contributed by atoms with Gasteiger partial charge in [-0.3, -0.25) is 0 Å². The van der Waals surface area contributed by atoms with Gasteiger partial charge >= 0.3 is 0 Å². The molecule has 1 unspecified atom stereocenters. The quantitative estimate of drug-likeness (QED) is 0.528. The second kappa shape index (κ2) is 3.05. The molecule has 0 spiro atoms. The lowest BCUT2D eigenvalue weighted by molar-refractivity contribution is -0.0126. The number of rotatable bonds is 0. The average Bonchev–Trinajstić information content (AvgIpc) is 2.03. The van der Waals surface area contributed by atoms with E-state index in [1.165, 1.54) is 0 Å². The highest BCUT2D eigenvalue weighted by atomic mass is 19.3. The van der Waals surface area contributed by atoms with Crippen molar-refractivity contribution >= 4 is 0 Å². The molecule has 1 fully saturated rings. The van der Waals surface area contributed by atoms with Gasteiger partial charge in [0.05, 0.1) is 0 Å². The van der Waals surface area contributed by atoms with Gasteiger partial charge in [-0.15, -0.1) is 0 Å². The van der Waals surface area contributed by atoms with Gasteiger partial charge in [-0.1, -0.05) is 0 Å². The predicted molar refractivity (Wildman–Crippen MR) is 40.9 cm³/mol. The Morgan fingerprint density at radius 3 is 2.64 bits per heavy atom. The molecule has 0 amide bonds. The van der Waals surface area contributed by atoms with Crippen molar-refractivity contribution in [3.8, 4) is 0 Å².